The molecule has 2 aromatic rings. The molecular formula is C16H12KNO4. The van der Waals surface area contributed by atoms with Crippen molar-refractivity contribution < 1.29 is 70.9 Å². The van der Waals surface area contributed by atoms with Crippen LogP contribution in [0.15, 0.2) is 36.4 Å². The third-order valence-corrected chi connectivity index (χ3v) is 3.62. The predicted octanol–water partition coefficient (Wildman–Crippen LogP) is -2.03. The summed E-state index contributed by atoms with van der Waals surface area (Å²) in [7, 11) is 0. The molecule has 0 spiro atoms. The molecule has 1 aliphatic heterocycles. The van der Waals surface area contributed by atoms with Crippen molar-refractivity contribution in [3.63, 3.8) is 0 Å². The van der Waals surface area contributed by atoms with Crippen molar-refractivity contribution in [3.05, 3.63) is 47.5 Å². The van der Waals surface area contributed by atoms with Crippen molar-refractivity contribution in [3.8, 4) is 0 Å². The summed E-state index contributed by atoms with van der Waals surface area (Å²) >= 11 is 0. The molecule has 0 radical (unpaired) electrons. The van der Waals surface area contributed by atoms with Gasteiger partial charge >= 0.3 is 51.4 Å². The first kappa shape index (κ1) is 17.3. The van der Waals surface area contributed by atoms with Gasteiger partial charge in [-0.05, 0) is 30.4 Å². The van der Waals surface area contributed by atoms with Gasteiger partial charge in [0.1, 0.15) is 0 Å². The van der Waals surface area contributed by atoms with Crippen LogP contribution < -0.4 is 56.5 Å². The van der Waals surface area contributed by atoms with Crippen molar-refractivity contribution in [1.82, 2.24) is 4.90 Å². The van der Waals surface area contributed by atoms with E-state index in [1.54, 1.807) is 24.3 Å². The second-order valence-corrected chi connectivity index (χ2v) is 4.95. The number of benzene rings is 2. The number of carbonyl (C=O) groups is 3. The van der Waals surface area contributed by atoms with Gasteiger partial charge in [0.2, 0.25) is 0 Å². The van der Waals surface area contributed by atoms with Crippen LogP contribution in [-0.4, -0.2) is 29.2 Å². The van der Waals surface area contributed by atoms with Crippen LogP contribution in [0.4, 0.5) is 0 Å². The zero-order chi connectivity index (χ0) is 15.0. The molecule has 0 unspecified atom stereocenters. The zero-order valence-electron chi connectivity index (χ0n) is 12.2. The molecule has 3 rings (SSSR count). The fourth-order valence-electron chi connectivity index (χ4n) is 2.67. The number of hydrogen-bond acceptors (Lipinski definition) is 4. The van der Waals surface area contributed by atoms with Gasteiger partial charge in [-0.25, -0.2) is 0 Å². The molecule has 5 nitrogen and oxygen atoms in total. The minimum Gasteiger partial charge on any atom is -0.550 e. The normalized spacial score (nSPS) is 13.2. The Hall–Kier alpha value is -1.05. The summed E-state index contributed by atoms with van der Waals surface area (Å²) in [5, 5.41) is 12.0. The van der Waals surface area contributed by atoms with Crippen LogP contribution in [-0.2, 0) is 4.79 Å². The van der Waals surface area contributed by atoms with Gasteiger partial charge in [-0.1, -0.05) is 24.3 Å². The third-order valence-electron chi connectivity index (χ3n) is 3.62. The van der Waals surface area contributed by atoms with Crippen LogP contribution in [0.2, 0.25) is 0 Å². The Bertz CT molecular complexity index is 721. The fourth-order valence-corrected chi connectivity index (χ4v) is 2.67. The molecule has 0 saturated heterocycles. The first-order chi connectivity index (χ1) is 10.1. The monoisotopic (exact) mass is 321 g/mol. The number of carboxylic acid groups (broad SMARTS) is 1. The summed E-state index contributed by atoms with van der Waals surface area (Å²) in [4.78, 5) is 36.4. The Morgan fingerprint density at radius 3 is 2.05 bits per heavy atom. The molecule has 2 aromatic carbocycles. The van der Waals surface area contributed by atoms with E-state index in [9.17, 15) is 19.5 Å². The van der Waals surface area contributed by atoms with Gasteiger partial charge in [0, 0.05) is 29.0 Å². The zero-order valence-corrected chi connectivity index (χ0v) is 15.3. The number of imide groups is 1. The first-order valence-electron chi connectivity index (χ1n) is 6.67. The van der Waals surface area contributed by atoms with E-state index in [0.717, 1.165) is 10.3 Å². The molecule has 2 amide bonds. The summed E-state index contributed by atoms with van der Waals surface area (Å²) in [5.41, 5.74) is 0.965. The van der Waals surface area contributed by atoms with Gasteiger partial charge in [-0.2, -0.15) is 0 Å². The van der Waals surface area contributed by atoms with Gasteiger partial charge < -0.3 is 9.90 Å². The summed E-state index contributed by atoms with van der Waals surface area (Å²) in [6.07, 6.45) is 0.0147. The van der Waals surface area contributed by atoms with Crippen LogP contribution in [0.5, 0.6) is 0 Å². The van der Waals surface area contributed by atoms with Crippen molar-refractivity contribution in [1.29, 1.82) is 0 Å². The molecule has 0 N–H and O–H groups in total. The largest absolute Gasteiger partial charge is 1.00 e. The van der Waals surface area contributed by atoms with Gasteiger partial charge in [0.15, 0.2) is 0 Å². The maximum atomic E-state index is 12.4. The van der Waals surface area contributed by atoms with Crippen molar-refractivity contribution in [2.45, 2.75) is 12.8 Å². The number of rotatable bonds is 4. The Labute approximate surface area is 169 Å². The van der Waals surface area contributed by atoms with Crippen molar-refractivity contribution in [2.24, 2.45) is 0 Å². The summed E-state index contributed by atoms with van der Waals surface area (Å²) in [6.45, 7) is 0.0797. The smallest absolute Gasteiger partial charge is 0.550 e. The Balaban J connectivity index is 0.00000176. The van der Waals surface area contributed by atoms with E-state index in [-0.39, 0.29) is 82.6 Å². The van der Waals surface area contributed by atoms with Crippen LogP contribution in [0.3, 0.4) is 0 Å². The summed E-state index contributed by atoms with van der Waals surface area (Å²) in [5.74, 6) is -1.93. The van der Waals surface area contributed by atoms with Gasteiger partial charge in [-0.3, -0.25) is 14.5 Å². The van der Waals surface area contributed by atoms with E-state index in [1.165, 1.54) is 0 Å². The predicted molar refractivity (Wildman–Crippen MR) is 73.6 cm³/mol. The molecular weight excluding hydrogens is 309 g/mol. The van der Waals surface area contributed by atoms with E-state index >= 15 is 0 Å². The average Bonchev–Trinajstić information content (AvgIpc) is 2.47. The van der Waals surface area contributed by atoms with Crippen LogP contribution in [0.1, 0.15) is 33.6 Å². The molecule has 0 aliphatic carbocycles. The molecule has 0 aromatic heterocycles. The van der Waals surface area contributed by atoms with Gasteiger partial charge in [-0.15, -0.1) is 0 Å². The Kier molecular flexibility index (Phi) is 5.52. The molecule has 0 fully saturated rings. The van der Waals surface area contributed by atoms with E-state index in [4.69, 9.17) is 0 Å². The van der Waals surface area contributed by atoms with E-state index in [1.807, 2.05) is 12.1 Å². The topological polar surface area (TPSA) is 77.5 Å². The maximum absolute atomic E-state index is 12.4. The van der Waals surface area contributed by atoms with Crippen LogP contribution in [0.25, 0.3) is 10.8 Å². The molecule has 6 heteroatoms. The fraction of sp³-hybridized carbons (Fsp3) is 0.188. The minimum absolute atomic E-state index is 0. The molecule has 0 saturated carbocycles. The standard InChI is InChI=1S/C16H13NO4.K/c18-13(19)8-3-9-17-15(20)11-6-1-4-10-5-2-7-12(14(10)11)16(17)21;/h1-2,4-7H,3,8-9H2,(H,18,19);/q;+1/p-1. The number of nitrogens with zero attached hydrogens (tertiary/aromatic N) is 1. The molecule has 0 bridgehead atoms. The Morgan fingerprint density at radius 1 is 1.00 bits per heavy atom. The van der Waals surface area contributed by atoms with Crippen molar-refractivity contribution in [2.75, 3.05) is 6.54 Å². The minimum atomic E-state index is -1.19. The van der Waals surface area contributed by atoms with Gasteiger partial charge in [0.25, 0.3) is 11.8 Å². The second kappa shape index (κ2) is 7.02. The first-order valence-corrected chi connectivity index (χ1v) is 6.67. The number of aliphatic carboxylic acids is 1. The number of hydrogen-bond donors (Lipinski definition) is 0. The number of carboxylic acids is 1. The molecule has 1 aliphatic rings. The molecule has 1 heterocycles. The third kappa shape index (κ3) is 3.02. The van der Waals surface area contributed by atoms with Gasteiger partial charge in [0.05, 0.1) is 0 Å². The second-order valence-electron chi connectivity index (χ2n) is 4.95. The number of carbonyl (C=O) groups excluding carboxylic acids is 3. The van der Waals surface area contributed by atoms with E-state index < -0.39 is 5.97 Å². The average molecular weight is 321 g/mol. The van der Waals surface area contributed by atoms with E-state index in [0.29, 0.717) is 16.5 Å². The molecule has 22 heavy (non-hydrogen) atoms. The molecule has 0 atom stereocenters. The SMILES string of the molecule is O=C([O-])CCCN1C(=O)c2cccc3cccc(c23)C1=O.[K+]. The quantitative estimate of drug-likeness (QED) is 0.481. The van der Waals surface area contributed by atoms with E-state index in [2.05, 4.69) is 0 Å². The maximum Gasteiger partial charge on any atom is 1.00 e. The summed E-state index contributed by atoms with van der Waals surface area (Å²) in [6, 6.07) is 10.6. The molecule has 106 valence electrons. The van der Waals surface area contributed by atoms with Crippen molar-refractivity contribution >= 4 is 28.6 Å². The van der Waals surface area contributed by atoms with Crippen LogP contribution in [0, 0.1) is 0 Å². The number of amides is 2. The Morgan fingerprint density at radius 2 is 1.55 bits per heavy atom. The van der Waals surface area contributed by atoms with Crippen LogP contribution >= 0.6 is 0 Å². The summed E-state index contributed by atoms with van der Waals surface area (Å²) < 4.78 is 0.